The zero-order valence-corrected chi connectivity index (χ0v) is 13.4. The summed E-state index contributed by atoms with van der Waals surface area (Å²) in [5.74, 6) is -1.40. The molecule has 0 aliphatic carbocycles. The lowest BCUT2D eigenvalue weighted by Gasteiger charge is -2.17. The molecular weight excluding hydrogens is 292 g/mol. The summed E-state index contributed by atoms with van der Waals surface area (Å²) in [6.45, 7) is 3.55. The second kappa shape index (κ2) is 7.63. The van der Waals surface area contributed by atoms with Gasteiger partial charge in [-0.1, -0.05) is 44.2 Å². The van der Waals surface area contributed by atoms with E-state index in [4.69, 9.17) is 5.11 Å². The van der Waals surface area contributed by atoms with E-state index in [2.05, 4.69) is 10.3 Å². The topological polar surface area (TPSA) is 82.2 Å². The Morgan fingerprint density at radius 1 is 1.13 bits per heavy atom. The molecule has 0 saturated heterocycles. The van der Waals surface area contributed by atoms with Gasteiger partial charge in [-0.3, -0.25) is 4.79 Å². The number of aryl methyl sites for hydroxylation is 1. The molecule has 5 heteroatoms. The van der Waals surface area contributed by atoms with Gasteiger partial charge >= 0.3 is 5.97 Å². The standard InChI is InChI=1S/C18H22N2O3/c1-12(2)17(18(22)23)20-16(21)11-9-14-8-10-15(19-14)13-6-4-3-5-7-13/h3-8,10,12,17,19H,9,11H2,1-2H3,(H,20,21)(H,22,23). The van der Waals surface area contributed by atoms with Crippen LogP contribution in [0.2, 0.25) is 0 Å². The molecule has 0 radical (unpaired) electrons. The highest BCUT2D eigenvalue weighted by atomic mass is 16.4. The van der Waals surface area contributed by atoms with Gasteiger partial charge in [-0.25, -0.2) is 4.79 Å². The van der Waals surface area contributed by atoms with Crippen LogP contribution < -0.4 is 5.32 Å². The van der Waals surface area contributed by atoms with E-state index in [1.54, 1.807) is 13.8 Å². The first-order chi connectivity index (χ1) is 11.0. The van der Waals surface area contributed by atoms with Crippen molar-refractivity contribution in [2.75, 3.05) is 0 Å². The Hall–Kier alpha value is -2.56. The summed E-state index contributed by atoms with van der Waals surface area (Å²) in [6, 6.07) is 13.0. The Labute approximate surface area is 135 Å². The van der Waals surface area contributed by atoms with Crippen LogP contribution in [0.3, 0.4) is 0 Å². The molecule has 2 aromatic rings. The SMILES string of the molecule is CC(C)C(NC(=O)CCc1ccc(-c2ccccc2)[nH]1)C(=O)O. The van der Waals surface area contributed by atoms with E-state index in [0.717, 1.165) is 17.0 Å². The third-order valence-corrected chi connectivity index (χ3v) is 3.70. The smallest absolute Gasteiger partial charge is 0.326 e. The van der Waals surface area contributed by atoms with Crippen molar-refractivity contribution in [1.29, 1.82) is 0 Å². The number of aromatic amines is 1. The second-order valence-corrected chi connectivity index (χ2v) is 5.89. The first-order valence-electron chi connectivity index (χ1n) is 7.73. The van der Waals surface area contributed by atoms with Gasteiger partial charge in [0.1, 0.15) is 6.04 Å². The average molecular weight is 314 g/mol. The summed E-state index contributed by atoms with van der Waals surface area (Å²) < 4.78 is 0. The normalized spacial score (nSPS) is 12.1. The quantitative estimate of drug-likeness (QED) is 0.735. The highest BCUT2D eigenvalue weighted by Gasteiger charge is 2.23. The maximum absolute atomic E-state index is 11.9. The van der Waals surface area contributed by atoms with E-state index in [0.29, 0.717) is 6.42 Å². The van der Waals surface area contributed by atoms with Crippen molar-refractivity contribution in [3.8, 4) is 11.3 Å². The summed E-state index contributed by atoms with van der Waals surface area (Å²) in [7, 11) is 0. The summed E-state index contributed by atoms with van der Waals surface area (Å²) in [5.41, 5.74) is 3.05. The lowest BCUT2D eigenvalue weighted by Crippen LogP contribution is -2.44. The largest absolute Gasteiger partial charge is 0.480 e. The lowest BCUT2D eigenvalue weighted by molar-refractivity contribution is -0.143. The van der Waals surface area contributed by atoms with E-state index in [1.165, 1.54) is 0 Å². The lowest BCUT2D eigenvalue weighted by atomic mass is 10.0. The molecule has 0 aliphatic rings. The van der Waals surface area contributed by atoms with Gasteiger partial charge in [-0.05, 0) is 30.0 Å². The van der Waals surface area contributed by atoms with Crippen LogP contribution in [0.15, 0.2) is 42.5 Å². The van der Waals surface area contributed by atoms with Crippen molar-refractivity contribution < 1.29 is 14.7 Å². The first kappa shape index (κ1) is 16.8. The number of carboxylic acid groups (broad SMARTS) is 1. The molecule has 1 atom stereocenters. The minimum atomic E-state index is -1.00. The Morgan fingerprint density at radius 2 is 1.83 bits per heavy atom. The molecule has 0 bridgehead atoms. The number of amides is 1. The second-order valence-electron chi connectivity index (χ2n) is 5.89. The van der Waals surface area contributed by atoms with Gasteiger partial charge in [0.15, 0.2) is 0 Å². The third kappa shape index (κ3) is 4.71. The van der Waals surface area contributed by atoms with Crippen LogP contribution in [0.1, 0.15) is 26.0 Å². The van der Waals surface area contributed by atoms with Gasteiger partial charge in [0.2, 0.25) is 5.91 Å². The first-order valence-corrected chi connectivity index (χ1v) is 7.73. The minimum Gasteiger partial charge on any atom is -0.480 e. The van der Waals surface area contributed by atoms with Gasteiger partial charge in [-0.2, -0.15) is 0 Å². The van der Waals surface area contributed by atoms with Crippen LogP contribution in [0, 0.1) is 5.92 Å². The number of H-pyrrole nitrogens is 1. The summed E-state index contributed by atoms with van der Waals surface area (Å²) >= 11 is 0. The van der Waals surface area contributed by atoms with Crippen LogP contribution in [0.4, 0.5) is 0 Å². The zero-order chi connectivity index (χ0) is 16.8. The van der Waals surface area contributed by atoms with Crippen LogP contribution in [0.25, 0.3) is 11.3 Å². The summed E-state index contributed by atoms with van der Waals surface area (Å²) in [5, 5.41) is 11.7. The Bertz CT molecular complexity index is 662. The summed E-state index contributed by atoms with van der Waals surface area (Å²) in [6.07, 6.45) is 0.800. The third-order valence-electron chi connectivity index (χ3n) is 3.70. The van der Waals surface area contributed by atoms with Gasteiger partial charge < -0.3 is 15.4 Å². The fraction of sp³-hybridized carbons (Fsp3) is 0.333. The molecule has 0 saturated carbocycles. The molecule has 1 unspecified atom stereocenters. The molecule has 23 heavy (non-hydrogen) atoms. The number of benzene rings is 1. The molecule has 5 nitrogen and oxygen atoms in total. The van der Waals surface area contributed by atoms with Crippen LogP contribution in [-0.2, 0) is 16.0 Å². The predicted molar refractivity (Wildman–Crippen MR) is 89.0 cm³/mol. The Morgan fingerprint density at radius 3 is 2.43 bits per heavy atom. The zero-order valence-electron chi connectivity index (χ0n) is 13.4. The number of carbonyl (C=O) groups is 2. The number of hydrogen-bond donors (Lipinski definition) is 3. The molecule has 3 N–H and O–H groups in total. The van der Waals surface area contributed by atoms with Crippen LogP contribution >= 0.6 is 0 Å². The molecule has 0 spiro atoms. The van der Waals surface area contributed by atoms with E-state index >= 15 is 0 Å². The molecule has 1 amide bonds. The highest BCUT2D eigenvalue weighted by molar-refractivity contribution is 5.83. The van der Waals surface area contributed by atoms with Crippen LogP contribution in [0.5, 0.6) is 0 Å². The molecule has 0 aliphatic heterocycles. The number of carbonyl (C=O) groups excluding carboxylic acids is 1. The summed E-state index contributed by atoms with van der Waals surface area (Å²) in [4.78, 5) is 26.3. The highest BCUT2D eigenvalue weighted by Crippen LogP contribution is 2.18. The number of aliphatic carboxylic acids is 1. The van der Waals surface area contributed by atoms with Gasteiger partial charge in [0, 0.05) is 17.8 Å². The fourth-order valence-corrected chi connectivity index (χ4v) is 2.38. The number of aromatic nitrogens is 1. The Balaban J connectivity index is 1.90. The van der Waals surface area contributed by atoms with Gasteiger partial charge in [-0.15, -0.1) is 0 Å². The molecular formula is C18H22N2O3. The van der Waals surface area contributed by atoms with Crippen molar-refractivity contribution in [2.45, 2.75) is 32.7 Å². The molecule has 1 heterocycles. The van der Waals surface area contributed by atoms with Crippen molar-refractivity contribution in [2.24, 2.45) is 5.92 Å². The van der Waals surface area contributed by atoms with Gasteiger partial charge in [0.25, 0.3) is 0 Å². The number of carboxylic acids is 1. The number of nitrogens with one attached hydrogen (secondary N) is 2. The Kier molecular flexibility index (Phi) is 5.57. The fourth-order valence-electron chi connectivity index (χ4n) is 2.38. The maximum atomic E-state index is 11.9. The number of rotatable bonds is 7. The van der Waals surface area contributed by atoms with E-state index in [9.17, 15) is 9.59 Å². The van der Waals surface area contributed by atoms with E-state index < -0.39 is 12.0 Å². The van der Waals surface area contributed by atoms with Crippen molar-refractivity contribution in [3.63, 3.8) is 0 Å². The minimum absolute atomic E-state index is 0.147. The molecule has 1 aromatic carbocycles. The molecule has 1 aromatic heterocycles. The molecule has 2 rings (SSSR count). The average Bonchev–Trinajstić information content (AvgIpc) is 3.00. The van der Waals surface area contributed by atoms with E-state index in [1.807, 2.05) is 42.5 Å². The maximum Gasteiger partial charge on any atom is 0.326 e. The monoisotopic (exact) mass is 314 g/mol. The molecule has 122 valence electrons. The van der Waals surface area contributed by atoms with Crippen molar-refractivity contribution in [1.82, 2.24) is 10.3 Å². The predicted octanol–water partition coefficient (Wildman–Crippen LogP) is 2.84. The molecule has 0 fully saturated rings. The van der Waals surface area contributed by atoms with Crippen LogP contribution in [-0.4, -0.2) is 28.0 Å². The number of hydrogen-bond acceptors (Lipinski definition) is 2. The van der Waals surface area contributed by atoms with Crippen molar-refractivity contribution >= 4 is 11.9 Å². The van der Waals surface area contributed by atoms with Crippen molar-refractivity contribution in [3.05, 3.63) is 48.2 Å². The van der Waals surface area contributed by atoms with E-state index in [-0.39, 0.29) is 18.2 Å². The van der Waals surface area contributed by atoms with Gasteiger partial charge in [0.05, 0.1) is 0 Å².